The van der Waals surface area contributed by atoms with Crippen molar-refractivity contribution in [2.24, 2.45) is 0 Å². The van der Waals surface area contributed by atoms with E-state index >= 15 is 0 Å². The molecule has 0 unspecified atom stereocenters. The summed E-state index contributed by atoms with van der Waals surface area (Å²) in [6, 6.07) is 7.83. The summed E-state index contributed by atoms with van der Waals surface area (Å²) in [6.07, 6.45) is 1.74. The lowest BCUT2D eigenvalue weighted by molar-refractivity contribution is -0.384. The van der Waals surface area contributed by atoms with Gasteiger partial charge in [-0.05, 0) is 38.0 Å². The van der Waals surface area contributed by atoms with Crippen molar-refractivity contribution < 1.29 is 18.5 Å². The zero-order chi connectivity index (χ0) is 22.1. The average Bonchev–Trinajstić information content (AvgIpc) is 3.37. The minimum Gasteiger partial charge on any atom is -0.367 e. The first-order valence-electron chi connectivity index (χ1n) is 9.57. The number of anilines is 2. The minimum absolute atomic E-state index is 0.0488. The molecule has 11 heteroatoms. The second kappa shape index (κ2) is 8.09. The largest absolute Gasteiger partial charge is 0.367 e. The molecule has 2 heterocycles. The summed E-state index contributed by atoms with van der Waals surface area (Å²) in [5.41, 5.74) is 0.312. The molecule has 4 rings (SSSR count). The number of nitro groups is 1. The second-order valence-electron chi connectivity index (χ2n) is 7.15. The van der Waals surface area contributed by atoms with Crippen molar-refractivity contribution in [2.75, 3.05) is 23.3 Å². The Morgan fingerprint density at radius 3 is 2.48 bits per heavy atom. The molecule has 0 aliphatic carbocycles. The molecule has 1 amide bonds. The van der Waals surface area contributed by atoms with Gasteiger partial charge in [-0.15, -0.1) is 5.10 Å². The Hall–Kier alpha value is -3.89. The fourth-order valence-corrected chi connectivity index (χ4v) is 3.59. The van der Waals surface area contributed by atoms with E-state index in [4.69, 9.17) is 0 Å². The number of hydrogen-bond donors (Lipinski definition) is 1. The highest BCUT2D eigenvalue weighted by atomic mass is 19.1. The predicted molar refractivity (Wildman–Crippen MR) is 109 cm³/mol. The van der Waals surface area contributed by atoms with Gasteiger partial charge in [0.2, 0.25) is 0 Å². The Bertz CT molecular complexity index is 1150. The van der Waals surface area contributed by atoms with Crippen molar-refractivity contribution in [1.82, 2.24) is 15.0 Å². The highest BCUT2D eigenvalue weighted by Gasteiger charge is 2.23. The van der Waals surface area contributed by atoms with Gasteiger partial charge in [-0.3, -0.25) is 14.9 Å². The van der Waals surface area contributed by atoms with Gasteiger partial charge in [0.15, 0.2) is 17.3 Å². The number of aromatic nitrogens is 3. The lowest BCUT2D eigenvalue weighted by atomic mass is 10.2. The fraction of sp³-hybridized carbons (Fsp3) is 0.250. The van der Waals surface area contributed by atoms with E-state index in [2.05, 4.69) is 15.6 Å². The number of nitro benzene ring substituents is 1. The summed E-state index contributed by atoms with van der Waals surface area (Å²) in [5.74, 6) is -2.22. The van der Waals surface area contributed by atoms with Gasteiger partial charge in [0.25, 0.3) is 11.6 Å². The summed E-state index contributed by atoms with van der Waals surface area (Å²) in [7, 11) is 0. The van der Waals surface area contributed by atoms with E-state index in [9.17, 15) is 23.7 Å². The maximum atomic E-state index is 14.5. The molecule has 1 aromatic heterocycles. The number of nitrogens with zero attached hydrogens (tertiary/aromatic N) is 5. The molecule has 0 bridgehead atoms. The molecule has 160 valence electrons. The molecule has 1 aliphatic heterocycles. The number of nitrogens with one attached hydrogen (secondary N) is 1. The number of carbonyl (C=O) groups excluding carboxylic acids is 1. The van der Waals surface area contributed by atoms with Crippen LogP contribution in [0.15, 0.2) is 36.4 Å². The first-order chi connectivity index (χ1) is 14.8. The van der Waals surface area contributed by atoms with Crippen LogP contribution in [-0.4, -0.2) is 38.9 Å². The highest BCUT2D eigenvalue weighted by molar-refractivity contribution is 6.03. The van der Waals surface area contributed by atoms with Gasteiger partial charge < -0.3 is 10.2 Å². The van der Waals surface area contributed by atoms with E-state index in [1.54, 1.807) is 17.9 Å². The Morgan fingerprint density at radius 2 is 1.84 bits per heavy atom. The molecule has 31 heavy (non-hydrogen) atoms. The Kier molecular flexibility index (Phi) is 5.32. The molecule has 0 radical (unpaired) electrons. The number of rotatable bonds is 5. The summed E-state index contributed by atoms with van der Waals surface area (Å²) < 4.78 is 30.3. The highest BCUT2D eigenvalue weighted by Crippen LogP contribution is 2.30. The Labute approximate surface area is 175 Å². The molecular formula is C20H18F2N6O3. The maximum absolute atomic E-state index is 14.5. The summed E-state index contributed by atoms with van der Waals surface area (Å²) in [4.78, 5) is 24.7. The molecule has 0 atom stereocenters. The van der Waals surface area contributed by atoms with Crippen LogP contribution in [0.2, 0.25) is 0 Å². The molecular weight excluding hydrogens is 410 g/mol. The molecule has 9 nitrogen and oxygen atoms in total. The zero-order valence-electron chi connectivity index (χ0n) is 16.5. The standard InChI is InChI=1S/C20H18F2N6O3/c1-12-18(24-25-27(12)14-5-4-6-15(11-14)28(30)31)20(29)23-13-9-16(21)19(17(22)10-13)26-7-2-3-8-26/h4-6,9-11H,2-3,7-8H2,1H3,(H,23,29). The molecule has 1 N–H and O–H groups in total. The van der Waals surface area contributed by atoms with Crippen molar-refractivity contribution in [3.8, 4) is 5.69 Å². The molecule has 1 fully saturated rings. The van der Waals surface area contributed by atoms with Gasteiger partial charge in [0.1, 0.15) is 5.69 Å². The van der Waals surface area contributed by atoms with Crippen LogP contribution in [0.5, 0.6) is 0 Å². The lowest BCUT2D eigenvalue weighted by Gasteiger charge is -2.19. The van der Waals surface area contributed by atoms with Crippen molar-refractivity contribution in [1.29, 1.82) is 0 Å². The zero-order valence-corrected chi connectivity index (χ0v) is 16.5. The quantitative estimate of drug-likeness (QED) is 0.492. The third-order valence-electron chi connectivity index (χ3n) is 5.09. The number of carbonyl (C=O) groups is 1. The summed E-state index contributed by atoms with van der Waals surface area (Å²) >= 11 is 0. The van der Waals surface area contributed by atoms with Gasteiger partial charge in [-0.2, -0.15) is 0 Å². The van der Waals surface area contributed by atoms with Gasteiger partial charge in [0.05, 0.1) is 16.3 Å². The maximum Gasteiger partial charge on any atom is 0.278 e. The number of benzene rings is 2. The molecule has 1 aliphatic rings. The van der Waals surface area contributed by atoms with E-state index in [1.807, 2.05) is 0 Å². The van der Waals surface area contributed by atoms with Crippen LogP contribution in [0.25, 0.3) is 5.69 Å². The van der Waals surface area contributed by atoms with Crippen molar-refractivity contribution >= 4 is 23.0 Å². The van der Waals surface area contributed by atoms with Crippen LogP contribution >= 0.6 is 0 Å². The molecule has 0 saturated carbocycles. The third kappa shape index (κ3) is 3.93. The Morgan fingerprint density at radius 1 is 1.16 bits per heavy atom. The topological polar surface area (TPSA) is 106 Å². The molecule has 0 spiro atoms. The lowest BCUT2D eigenvalue weighted by Crippen LogP contribution is -2.21. The summed E-state index contributed by atoms with van der Waals surface area (Å²) in [5, 5.41) is 21.1. The van der Waals surface area contributed by atoms with Gasteiger partial charge in [0, 0.05) is 30.9 Å². The van der Waals surface area contributed by atoms with E-state index in [0.29, 0.717) is 24.5 Å². The van der Waals surface area contributed by atoms with Gasteiger partial charge in [-0.25, -0.2) is 13.5 Å². The average molecular weight is 428 g/mol. The Balaban J connectivity index is 1.57. The molecule has 3 aromatic rings. The van der Waals surface area contributed by atoms with Crippen molar-refractivity contribution in [2.45, 2.75) is 19.8 Å². The monoisotopic (exact) mass is 428 g/mol. The first-order valence-corrected chi connectivity index (χ1v) is 9.57. The third-order valence-corrected chi connectivity index (χ3v) is 5.09. The van der Waals surface area contributed by atoms with Crippen LogP contribution in [-0.2, 0) is 0 Å². The molecule has 1 saturated heterocycles. The van der Waals surface area contributed by atoms with E-state index < -0.39 is 22.5 Å². The number of hydrogen-bond acceptors (Lipinski definition) is 6. The van der Waals surface area contributed by atoms with E-state index in [-0.39, 0.29) is 22.8 Å². The van der Waals surface area contributed by atoms with Crippen LogP contribution in [0.1, 0.15) is 29.0 Å². The van der Waals surface area contributed by atoms with Crippen LogP contribution in [0.3, 0.4) is 0 Å². The second-order valence-corrected chi connectivity index (χ2v) is 7.15. The van der Waals surface area contributed by atoms with E-state index in [1.165, 1.54) is 22.9 Å². The smallest absolute Gasteiger partial charge is 0.278 e. The molecule has 2 aromatic carbocycles. The van der Waals surface area contributed by atoms with Crippen molar-refractivity contribution in [3.63, 3.8) is 0 Å². The van der Waals surface area contributed by atoms with Crippen LogP contribution < -0.4 is 10.2 Å². The van der Waals surface area contributed by atoms with Crippen LogP contribution in [0.4, 0.5) is 25.8 Å². The van der Waals surface area contributed by atoms with Crippen molar-refractivity contribution in [3.05, 3.63) is 69.5 Å². The number of amides is 1. The van der Waals surface area contributed by atoms with E-state index in [0.717, 1.165) is 25.0 Å². The van der Waals surface area contributed by atoms with Crippen LogP contribution in [0, 0.1) is 28.7 Å². The number of halogens is 2. The van der Waals surface area contributed by atoms with Gasteiger partial charge >= 0.3 is 0 Å². The first kappa shape index (κ1) is 20.4. The SMILES string of the molecule is Cc1c(C(=O)Nc2cc(F)c(N3CCCC3)c(F)c2)nnn1-c1cccc([N+](=O)[O-])c1. The normalized spacial score (nSPS) is 13.5. The minimum atomic E-state index is -0.755. The fourth-order valence-electron chi connectivity index (χ4n) is 3.59. The van der Waals surface area contributed by atoms with Gasteiger partial charge in [-0.1, -0.05) is 11.3 Å². The predicted octanol–water partition coefficient (Wildman–Crippen LogP) is 3.61. The number of non-ortho nitro benzene ring substituents is 1. The summed E-state index contributed by atoms with van der Waals surface area (Å²) in [6.45, 7) is 2.73.